The van der Waals surface area contributed by atoms with E-state index in [1.54, 1.807) is 0 Å². The zero-order chi connectivity index (χ0) is 34.6. The lowest BCUT2D eigenvalue weighted by atomic mass is 9.81. The van der Waals surface area contributed by atoms with Gasteiger partial charge in [0.25, 0.3) is 0 Å². The number of hydrogen-bond donors (Lipinski definition) is 0. The number of hydrogen-bond acceptors (Lipinski definition) is 4. The van der Waals surface area contributed by atoms with Crippen LogP contribution in [-0.4, -0.2) is 15.0 Å². The van der Waals surface area contributed by atoms with E-state index in [1.165, 1.54) is 38.1 Å². The summed E-state index contributed by atoms with van der Waals surface area (Å²) >= 11 is 0. The molecule has 3 aromatic heterocycles. The molecule has 0 aliphatic heterocycles. The molecule has 1 aliphatic rings. The van der Waals surface area contributed by atoms with Gasteiger partial charge in [-0.25, -0.2) is 9.97 Å². The lowest BCUT2D eigenvalue weighted by Gasteiger charge is -2.25. The van der Waals surface area contributed by atoms with Crippen LogP contribution in [-0.2, 0) is 0 Å². The maximum Gasteiger partial charge on any atom is 0.0991 e. The van der Waals surface area contributed by atoms with Crippen molar-refractivity contribution in [2.24, 2.45) is 5.92 Å². The monoisotopic (exact) mass is 654 g/mol. The molecule has 4 nitrogen and oxygen atoms in total. The predicted octanol–water partition coefficient (Wildman–Crippen LogP) is 11.8. The zero-order valence-corrected chi connectivity index (χ0v) is 28.7. The topological polar surface area (TPSA) is 62.5 Å². The molecule has 0 radical (unpaired) electrons. The number of aromatic nitrogens is 3. The van der Waals surface area contributed by atoms with Crippen LogP contribution in [0, 0.1) is 31.1 Å². The highest BCUT2D eigenvalue weighted by atomic mass is 14.7. The van der Waals surface area contributed by atoms with Gasteiger partial charge >= 0.3 is 0 Å². The molecule has 242 valence electrons. The molecule has 4 heteroatoms. The van der Waals surface area contributed by atoms with Crippen LogP contribution in [0.5, 0.6) is 0 Å². The van der Waals surface area contributed by atoms with E-state index in [-0.39, 0.29) is 5.92 Å². The summed E-state index contributed by atoms with van der Waals surface area (Å²) in [4.78, 5) is 16.0. The van der Waals surface area contributed by atoms with Crippen LogP contribution in [0.15, 0.2) is 140 Å². The summed E-state index contributed by atoms with van der Waals surface area (Å²) in [5.74, 6) is 0.492. The van der Waals surface area contributed by atoms with Crippen LogP contribution in [0.25, 0.3) is 77.1 Å². The number of fused-ring (bicyclic) bond motifs is 6. The van der Waals surface area contributed by atoms with Gasteiger partial charge in [0.1, 0.15) is 0 Å². The Kier molecular flexibility index (Phi) is 7.30. The van der Waals surface area contributed by atoms with Gasteiger partial charge in [-0.2, -0.15) is 5.26 Å². The predicted molar refractivity (Wildman–Crippen MR) is 211 cm³/mol. The summed E-state index contributed by atoms with van der Waals surface area (Å²) in [7, 11) is 0. The number of aryl methyl sites for hydroxylation is 2. The van der Waals surface area contributed by atoms with Crippen molar-refractivity contribution >= 4 is 43.4 Å². The fraction of sp³-hybridized carbons (Fsp3) is 0.106. The quantitative estimate of drug-likeness (QED) is 0.140. The third kappa shape index (κ3) is 5.01. The van der Waals surface area contributed by atoms with Crippen LogP contribution in [0.3, 0.4) is 0 Å². The Morgan fingerprint density at radius 3 is 2.00 bits per heavy atom. The first-order chi connectivity index (χ1) is 25.0. The largest absolute Gasteiger partial charge is 0.252 e. The Morgan fingerprint density at radius 2 is 1.22 bits per heavy atom. The van der Waals surface area contributed by atoms with Crippen LogP contribution in [0.2, 0.25) is 0 Å². The van der Waals surface area contributed by atoms with Crippen molar-refractivity contribution in [3.63, 3.8) is 0 Å². The van der Waals surface area contributed by atoms with Crippen molar-refractivity contribution in [1.29, 1.82) is 5.26 Å². The molecule has 0 N–H and O–H groups in total. The molecule has 3 heterocycles. The molecule has 2 unspecified atom stereocenters. The maximum absolute atomic E-state index is 9.27. The molecule has 0 fully saturated rings. The molecule has 51 heavy (non-hydrogen) atoms. The van der Waals surface area contributed by atoms with Gasteiger partial charge in [-0.3, -0.25) is 4.98 Å². The van der Waals surface area contributed by atoms with Crippen molar-refractivity contribution in [3.05, 3.63) is 162 Å². The van der Waals surface area contributed by atoms with Crippen LogP contribution in [0.4, 0.5) is 0 Å². The van der Waals surface area contributed by atoms with Gasteiger partial charge < -0.3 is 0 Å². The first kappa shape index (κ1) is 30.6. The zero-order valence-electron chi connectivity index (χ0n) is 28.7. The molecular formula is C47H34N4. The molecular weight excluding hydrogens is 621 g/mol. The van der Waals surface area contributed by atoms with Gasteiger partial charge in [-0.1, -0.05) is 110 Å². The molecule has 0 amide bonds. The minimum absolute atomic E-state index is 0.167. The van der Waals surface area contributed by atoms with E-state index in [4.69, 9.17) is 15.0 Å². The van der Waals surface area contributed by atoms with E-state index in [2.05, 4.69) is 124 Å². The third-order valence-electron chi connectivity index (χ3n) is 10.5. The second kappa shape index (κ2) is 12.2. The van der Waals surface area contributed by atoms with E-state index in [1.807, 2.05) is 42.5 Å². The highest BCUT2D eigenvalue weighted by Crippen LogP contribution is 2.46. The lowest BCUT2D eigenvalue weighted by molar-refractivity contribution is 0.626. The van der Waals surface area contributed by atoms with Crippen LogP contribution in [0.1, 0.15) is 35.2 Å². The second-order valence-electron chi connectivity index (χ2n) is 13.6. The fourth-order valence-electron chi connectivity index (χ4n) is 8.01. The number of allylic oxidation sites excluding steroid dienone is 4. The van der Waals surface area contributed by atoms with Gasteiger partial charge in [0.2, 0.25) is 0 Å². The Labute approximate surface area is 297 Å². The number of nitriles is 1. The second-order valence-corrected chi connectivity index (χ2v) is 13.6. The summed E-state index contributed by atoms with van der Waals surface area (Å²) in [6.07, 6.45) is 8.91. The average molecular weight is 655 g/mol. The number of para-hydroxylation sites is 1. The fourth-order valence-corrected chi connectivity index (χ4v) is 8.01. The molecule has 0 saturated heterocycles. The van der Waals surface area contributed by atoms with Crippen molar-refractivity contribution in [3.8, 4) is 39.8 Å². The van der Waals surface area contributed by atoms with Crippen molar-refractivity contribution in [2.75, 3.05) is 0 Å². The van der Waals surface area contributed by atoms with E-state index >= 15 is 0 Å². The Morgan fingerprint density at radius 1 is 0.549 bits per heavy atom. The van der Waals surface area contributed by atoms with Crippen LogP contribution >= 0.6 is 0 Å². The number of benzene rings is 5. The molecule has 0 saturated carbocycles. The molecule has 0 spiro atoms. The summed E-state index contributed by atoms with van der Waals surface area (Å²) in [6.45, 7) is 6.84. The summed E-state index contributed by atoms with van der Waals surface area (Å²) < 4.78 is 0. The first-order valence-electron chi connectivity index (χ1n) is 17.5. The summed E-state index contributed by atoms with van der Waals surface area (Å²) in [5.41, 5.74) is 11.9. The molecule has 5 aromatic carbocycles. The van der Waals surface area contributed by atoms with Gasteiger partial charge in [0.05, 0.1) is 45.4 Å². The molecule has 1 aliphatic carbocycles. The highest BCUT2D eigenvalue weighted by Gasteiger charge is 2.26. The normalized spacial score (nSPS) is 15.6. The first-order valence-corrected chi connectivity index (χ1v) is 17.5. The summed E-state index contributed by atoms with van der Waals surface area (Å²) in [6, 6.07) is 41.6. The molecule has 8 aromatic rings. The Hall–Kier alpha value is -6.44. The van der Waals surface area contributed by atoms with Gasteiger partial charge in [-0.05, 0) is 78.1 Å². The van der Waals surface area contributed by atoms with E-state index in [9.17, 15) is 5.26 Å². The van der Waals surface area contributed by atoms with Crippen molar-refractivity contribution in [2.45, 2.75) is 26.7 Å². The molecule has 0 bridgehead atoms. The summed E-state index contributed by atoms with van der Waals surface area (Å²) in [5, 5.41) is 16.5. The molecule has 9 rings (SSSR count). The van der Waals surface area contributed by atoms with Crippen LogP contribution < -0.4 is 0 Å². The minimum atomic E-state index is 0.167. The third-order valence-corrected chi connectivity index (χ3v) is 10.5. The highest BCUT2D eigenvalue weighted by molar-refractivity contribution is 6.24. The van der Waals surface area contributed by atoms with Gasteiger partial charge in [0.15, 0.2) is 0 Å². The van der Waals surface area contributed by atoms with E-state index in [0.29, 0.717) is 11.5 Å². The van der Waals surface area contributed by atoms with Crippen molar-refractivity contribution in [1.82, 2.24) is 15.0 Å². The number of nitrogens with zero attached hydrogens (tertiary/aromatic N) is 4. The maximum atomic E-state index is 9.27. The minimum Gasteiger partial charge on any atom is -0.252 e. The smallest absolute Gasteiger partial charge is 0.0991 e. The Balaban J connectivity index is 1.35. The Bertz CT molecular complexity index is 2790. The lowest BCUT2D eigenvalue weighted by Crippen LogP contribution is -2.11. The SMILES string of the molecule is Cc1c2c(C3C=CC=CC3C)nc3ccccc3c2c(C)c2c(-c3ccccc3)nc3cc(-c4cccc(-c5ccc(C#N)cc5)n4)ccc3c12. The average Bonchev–Trinajstić information content (AvgIpc) is 3.19. The standard InChI is InChI=1S/C47H34N4/c1-28-12-7-8-15-35(28)47-45-30(3)43-37-25-24-34(39-19-11-18-38(49-39)32-22-20-31(27-48)21-23-32)26-41(37)51-46(33-13-5-4-6-14-33)44(43)29(2)42(45)36-16-9-10-17-40(36)50-47/h4-26,28,35H,1-3H3. The van der Waals surface area contributed by atoms with E-state index in [0.717, 1.165) is 55.9 Å². The van der Waals surface area contributed by atoms with Gasteiger partial charge in [-0.15, -0.1) is 0 Å². The molecule has 2 atom stereocenters. The number of rotatable bonds is 4. The van der Waals surface area contributed by atoms with Crippen molar-refractivity contribution < 1.29 is 0 Å². The van der Waals surface area contributed by atoms with Gasteiger partial charge in [0, 0.05) is 44.2 Å². The van der Waals surface area contributed by atoms with E-state index < -0.39 is 0 Å². The number of pyridine rings is 3.